The summed E-state index contributed by atoms with van der Waals surface area (Å²) in [5.41, 5.74) is 2.76. The summed E-state index contributed by atoms with van der Waals surface area (Å²) in [6.45, 7) is 4.06. The van der Waals surface area contributed by atoms with Gasteiger partial charge in [-0.1, -0.05) is 0 Å². The van der Waals surface area contributed by atoms with Gasteiger partial charge in [0.15, 0.2) is 0 Å². The molecule has 2 aromatic heterocycles. The van der Waals surface area contributed by atoms with Gasteiger partial charge in [0, 0.05) is 50.3 Å². The predicted octanol–water partition coefficient (Wildman–Crippen LogP) is 2.36. The Kier molecular flexibility index (Phi) is 4.36. The molecule has 1 saturated carbocycles. The van der Waals surface area contributed by atoms with Crippen molar-refractivity contribution in [2.24, 2.45) is 0 Å². The van der Waals surface area contributed by atoms with E-state index < -0.39 is 0 Å². The molecule has 6 heteroatoms. The highest BCUT2D eigenvalue weighted by Crippen LogP contribution is 2.39. The Balaban J connectivity index is 1.46. The Morgan fingerprint density at radius 2 is 1.84 bits per heavy atom. The van der Waals surface area contributed by atoms with E-state index in [1.54, 1.807) is 12.4 Å². The largest absolute Gasteiger partial charge is 0.369 e. The highest BCUT2D eigenvalue weighted by molar-refractivity contribution is 6.02. The zero-order valence-electron chi connectivity index (χ0n) is 14.5. The van der Waals surface area contributed by atoms with Crippen molar-refractivity contribution in [2.75, 3.05) is 43.4 Å². The van der Waals surface area contributed by atoms with Crippen molar-refractivity contribution in [3.63, 3.8) is 0 Å². The van der Waals surface area contributed by atoms with Crippen molar-refractivity contribution >= 4 is 17.4 Å². The molecular weight excluding hydrogens is 314 g/mol. The van der Waals surface area contributed by atoms with Crippen molar-refractivity contribution in [1.82, 2.24) is 14.9 Å². The van der Waals surface area contributed by atoms with Crippen LogP contribution in [-0.2, 0) is 0 Å². The van der Waals surface area contributed by atoms with Crippen LogP contribution in [-0.4, -0.2) is 54.0 Å². The minimum Gasteiger partial charge on any atom is -0.369 e. The molecule has 0 radical (unpaired) electrons. The van der Waals surface area contributed by atoms with Crippen LogP contribution in [0.25, 0.3) is 0 Å². The molecule has 1 amide bonds. The minimum absolute atomic E-state index is 0.203. The van der Waals surface area contributed by atoms with E-state index in [4.69, 9.17) is 0 Å². The third kappa shape index (κ3) is 3.79. The highest BCUT2D eigenvalue weighted by atomic mass is 16.1. The number of carbonyl (C=O) groups excluding carboxylic acids is 1. The van der Waals surface area contributed by atoms with Crippen LogP contribution in [0.3, 0.4) is 0 Å². The van der Waals surface area contributed by atoms with E-state index in [1.165, 1.54) is 18.4 Å². The fraction of sp³-hybridized carbons (Fsp3) is 0.421. The molecule has 1 aliphatic heterocycles. The van der Waals surface area contributed by atoms with Crippen LogP contribution in [0.4, 0.5) is 11.5 Å². The van der Waals surface area contributed by atoms with Crippen LogP contribution in [0.1, 0.15) is 34.8 Å². The van der Waals surface area contributed by atoms with E-state index in [9.17, 15) is 4.79 Å². The van der Waals surface area contributed by atoms with Gasteiger partial charge in [0.2, 0.25) is 0 Å². The third-order valence-corrected chi connectivity index (χ3v) is 4.92. The lowest BCUT2D eigenvalue weighted by molar-refractivity contribution is 0.102. The zero-order chi connectivity index (χ0) is 17.2. The third-order valence-electron chi connectivity index (χ3n) is 4.92. The van der Waals surface area contributed by atoms with Gasteiger partial charge in [-0.15, -0.1) is 0 Å². The lowest BCUT2D eigenvalue weighted by Crippen LogP contribution is -2.44. The number of nitrogens with zero attached hydrogens (tertiary/aromatic N) is 4. The summed E-state index contributed by atoms with van der Waals surface area (Å²) in [7, 11) is 2.14. The molecule has 0 spiro atoms. The maximum absolute atomic E-state index is 12.5. The van der Waals surface area contributed by atoms with E-state index in [0.717, 1.165) is 31.9 Å². The average Bonchev–Trinajstić information content (AvgIpc) is 3.48. The van der Waals surface area contributed by atoms with Gasteiger partial charge >= 0.3 is 0 Å². The number of pyridine rings is 2. The fourth-order valence-corrected chi connectivity index (χ4v) is 3.17. The smallest absolute Gasteiger partial charge is 0.275 e. The van der Waals surface area contributed by atoms with Crippen LogP contribution < -0.4 is 10.2 Å². The molecule has 25 heavy (non-hydrogen) atoms. The molecule has 0 bridgehead atoms. The van der Waals surface area contributed by atoms with Gasteiger partial charge in [-0.3, -0.25) is 9.78 Å². The van der Waals surface area contributed by atoms with Gasteiger partial charge in [-0.2, -0.15) is 0 Å². The molecule has 0 atom stereocenters. The summed E-state index contributed by atoms with van der Waals surface area (Å²) in [5, 5.41) is 2.88. The molecule has 1 N–H and O–H groups in total. The first-order valence-electron chi connectivity index (χ1n) is 8.86. The summed E-state index contributed by atoms with van der Waals surface area (Å²) in [6.07, 6.45) is 5.88. The maximum atomic E-state index is 12.5. The van der Waals surface area contributed by atoms with Gasteiger partial charge in [-0.25, -0.2) is 4.98 Å². The zero-order valence-corrected chi connectivity index (χ0v) is 14.5. The SMILES string of the molecule is CN1CCN(c2ccnc(NC(=O)c3cc(C4CC4)ccn3)c2)CC1. The van der Waals surface area contributed by atoms with Gasteiger partial charge in [-0.05, 0) is 49.6 Å². The average molecular weight is 337 g/mol. The quantitative estimate of drug-likeness (QED) is 0.928. The molecule has 1 aliphatic carbocycles. The second kappa shape index (κ2) is 6.80. The number of hydrogen-bond donors (Lipinski definition) is 1. The van der Waals surface area contributed by atoms with Gasteiger partial charge in [0.05, 0.1) is 0 Å². The molecule has 0 unspecified atom stereocenters. The number of nitrogens with one attached hydrogen (secondary N) is 1. The Hall–Kier alpha value is -2.47. The standard InChI is InChI=1S/C19H23N5O/c1-23-8-10-24(11-9-23)16-5-7-21-18(13-16)22-19(25)17-12-15(4-6-20-17)14-2-3-14/h4-7,12-14H,2-3,8-11H2,1H3,(H,21,22,25). The lowest BCUT2D eigenvalue weighted by atomic mass is 10.1. The molecule has 2 aromatic rings. The normalized spacial score (nSPS) is 18.2. The summed E-state index contributed by atoms with van der Waals surface area (Å²) < 4.78 is 0. The van der Waals surface area contributed by atoms with Gasteiger partial charge in [0.25, 0.3) is 5.91 Å². The summed E-state index contributed by atoms with van der Waals surface area (Å²) >= 11 is 0. The van der Waals surface area contributed by atoms with Crippen LogP contribution in [0.2, 0.25) is 0 Å². The van der Waals surface area contributed by atoms with E-state index in [0.29, 0.717) is 17.4 Å². The minimum atomic E-state index is -0.203. The molecule has 0 aromatic carbocycles. The Labute approximate surface area is 147 Å². The molecule has 2 fully saturated rings. The van der Waals surface area contributed by atoms with Crippen molar-refractivity contribution in [2.45, 2.75) is 18.8 Å². The number of amides is 1. The van der Waals surface area contributed by atoms with E-state index >= 15 is 0 Å². The number of piperazine rings is 1. The first kappa shape index (κ1) is 16.0. The summed E-state index contributed by atoms with van der Waals surface area (Å²) in [6, 6.07) is 7.83. The number of likely N-dealkylation sites (N-methyl/N-ethyl adjacent to an activating group) is 1. The summed E-state index contributed by atoms with van der Waals surface area (Å²) in [4.78, 5) is 25.6. The molecule has 6 nitrogen and oxygen atoms in total. The van der Waals surface area contributed by atoms with Crippen LogP contribution in [0.15, 0.2) is 36.7 Å². The molecule has 3 heterocycles. The number of rotatable bonds is 4. The van der Waals surface area contributed by atoms with Crippen LogP contribution in [0.5, 0.6) is 0 Å². The van der Waals surface area contributed by atoms with Crippen molar-refractivity contribution in [3.8, 4) is 0 Å². The Bertz CT molecular complexity index is 766. The molecule has 4 rings (SSSR count). The van der Waals surface area contributed by atoms with Crippen LogP contribution in [0, 0.1) is 0 Å². The number of anilines is 2. The maximum Gasteiger partial charge on any atom is 0.275 e. The number of aromatic nitrogens is 2. The monoisotopic (exact) mass is 337 g/mol. The molecule has 130 valence electrons. The molecule has 2 aliphatic rings. The summed E-state index contributed by atoms with van der Waals surface area (Å²) in [5.74, 6) is 0.971. The molecule has 1 saturated heterocycles. The topological polar surface area (TPSA) is 61.4 Å². The van der Waals surface area contributed by atoms with Crippen molar-refractivity contribution in [3.05, 3.63) is 47.9 Å². The predicted molar refractivity (Wildman–Crippen MR) is 98.1 cm³/mol. The van der Waals surface area contributed by atoms with Gasteiger partial charge < -0.3 is 15.1 Å². The second-order valence-electron chi connectivity index (χ2n) is 6.89. The van der Waals surface area contributed by atoms with E-state index in [2.05, 4.69) is 32.1 Å². The van der Waals surface area contributed by atoms with E-state index in [-0.39, 0.29) is 5.91 Å². The highest BCUT2D eigenvalue weighted by Gasteiger charge is 2.24. The Morgan fingerprint density at radius 3 is 2.60 bits per heavy atom. The number of carbonyl (C=O) groups is 1. The Morgan fingerprint density at radius 1 is 1.08 bits per heavy atom. The van der Waals surface area contributed by atoms with Crippen molar-refractivity contribution in [1.29, 1.82) is 0 Å². The van der Waals surface area contributed by atoms with Gasteiger partial charge in [0.1, 0.15) is 11.5 Å². The van der Waals surface area contributed by atoms with E-state index in [1.807, 2.05) is 24.3 Å². The van der Waals surface area contributed by atoms with Crippen LogP contribution >= 0.6 is 0 Å². The second-order valence-corrected chi connectivity index (χ2v) is 6.89. The first-order chi connectivity index (χ1) is 12.2. The van der Waals surface area contributed by atoms with Crippen molar-refractivity contribution < 1.29 is 4.79 Å². The first-order valence-corrected chi connectivity index (χ1v) is 8.86. The lowest BCUT2D eigenvalue weighted by Gasteiger charge is -2.34. The number of hydrogen-bond acceptors (Lipinski definition) is 5. The molecular formula is C19H23N5O. The fourth-order valence-electron chi connectivity index (χ4n) is 3.17.